The highest BCUT2D eigenvalue weighted by Gasteiger charge is 2.04. The van der Waals surface area contributed by atoms with E-state index in [1.165, 1.54) is 6.33 Å². The van der Waals surface area contributed by atoms with Crippen LogP contribution in [0.5, 0.6) is 5.88 Å². The van der Waals surface area contributed by atoms with E-state index < -0.39 is 0 Å². The number of nitrogens with one attached hydrogen (secondary N) is 1. The minimum atomic E-state index is 0.448. The number of hydrogen-bond donors (Lipinski definition) is 1. The summed E-state index contributed by atoms with van der Waals surface area (Å²) < 4.78 is 5.01. The molecule has 0 fully saturated rings. The fourth-order valence-corrected chi connectivity index (χ4v) is 1.70. The van der Waals surface area contributed by atoms with Gasteiger partial charge in [0.15, 0.2) is 5.82 Å². The minimum Gasteiger partial charge on any atom is -0.481 e. The summed E-state index contributed by atoms with van der Waals surface area (Å²) in [5, 5.41) is 3.07. The number of pyridine rings is 2. The molecule has 3 rings (SSSR count). The van der Waals surface area contributed by atoms with Gasteiger partial charge in [-0.2, -0.15) is 4.98 Å². The molecule has 1 N–H and O–H groups in total. The van der Waals surface area contributed by atoms with Crippen LogP contribution in [-0.4, -0.2) is 32.0 Å². The SMILES string of the molecule is COc1ccc(Nc2ncnc(-c3ccncc3)n2)cn1. The molecule has 0 atom stereocenters. The lowest BCUT2D eigenvalue weighted by Crippen LogP contribution is -2.00. The van der Waals surface area contributed by atoms with Crippen molar-refractivity contribution >= 4 is 11.6 Å². The molecule has 7 nitrogen and oxygen atoms in total. The lowest BCUT2D eigenvalue weighted by molar-refractivity contribution is 0.398. The summed E-state index contributed by atoms with van der Waals surface area (Å²) in [6.45, 7) is 0. The fourth-order valence-electron chi connectivity index (χ4n) is 1.70. The van der Waals surface area contributed by atoms with Crippen LogP contribution in [0.2, 0.25) is 0 Å². The zero-order chi connectivity index (χ0) is 14.5. The molecule has 0 unspecified atom stereocenters. The van der Waals surface area contributed by atoms with Crippen molar-refractivity contribution in [3.63, 3.8) is 0 Å². The Morgan fingerprint density at radius 1 is 1.00 bits per heavy atom. The molecule has 0 aliphatic carbocycles. The van der Waals surface area contributed by atoms with Gasteiger partial charge in [-0.15, -0.1) is 0 Å². The molecule has 3 aromatic rings. The normalized spacial score (nSPS) is 10.1. The molecule has 0 bridgehead atoms. The number of methoxy groups -OCH3 is 1. The van der Waals surface area contributed by atoms with E-state index in [-0.39, 0.29) is 0 Å². The van der Waals surface area contributed by atoms with Gasteiger partial charge >= 0.3 is 0 Å². The van der Waals surface area contributed by atoms with Crippen LogP contribution >= 0.6 is 0 Å². The van der Waals surface area contributed by atoms with Gasteiger partial charge in [0.25, 0.3) is 0 Å². The van der Waals surface area contributed by atoms with E-state index in [1.54, 1.807) is 31.8 Å². The Labute approximate surface area is 121 Å². The van der Waals surface area contributed by atoms with Crippen LogP contribution in [0.3, 0.4) is 0 Å². The summed E-state index contributed by atoms with van der Waals surface area (Å²) in [5.41, 5.74) is 1.64. The standard InChI is InChI=1S/C14H12N6O/c1-21-12-3-2-11(8-16-12)19-14-18-9-17-13(20-14)10-4-6-15-7-5-10/h2-9H,1H3,(H,17,18,19,20). The molecule has 0 saturated heterocycles. The highest BCUT2D eigenvalue weighted by atomic mass is 16.5. The molecular weight excluding hydrogens is 268 g/mol. The maximum Gasteiger partial charge on any atom is 0.230 e. The Morgan fingerprint density at radius 3 is 2.57 bits per heavy atom. The Balaban J connectivity index is 1.83. The van der Waals surface area contributed by atoms with Gasteiger partial charge in [0.1, 0.15) is 6.33 Å². The maximum absolute atomic E-state index is 5.01. The molecule has 7 heteroatoms. The molecule has 0 amide bonds. The second-order valence-corrected chi connectivity index (χ2v) is 4.08. The van der Waals surface area contributed by atoms with Gasteiger partial charge in [-0.3, -0.25) is 4.98 Å². The summed E-state index contributed by atoms with van der Waals surface area (Å²) in [6, 6.07) is 7.27. The Morgan fingerprint density at radius 2 is 1.86 bits per heavy atom. The van der Waals surface area contributed by atoms with Crippen molar-refractivity contribution in [2.45, 2.75) is 0 Å². The number of rotatable bonds is 4. The third-order valence-electron chi connectivity index (χ3n) is 2.71. The summed E-state index contributed by atoms with van der Waals surface area (Å²) in [6.07, 6.45) is 6.50. The minimum absolute atomic E-state index is 0.448. The second kappa shape index (κ2) is 5.91. The van der Waals surface area contributed by atoms with Gasteiger partial charge in [0.2, 0.25) is 11.8 Å². The van der Waals surface area contributed by atoms with E-state index in [1.807, 2.05) is 18.2 Å². The van der Waals surface area contributed by atoms with Crippen molar-refractivity contribution in [3.05, 3.63) is 49.2 Å². The first-order chi connectivity index (χ1) is 10.3. The van der Waals surface area contributed by atoms with Crippen LogP contribution in [0, 0.1) is 0 Å². The summed E-state index contributed by atoms with van der Waals surface area (Å²) >= 11 is 0. The quantitative estimate of drug-likeness (QED) is 0.783. The van der Waals surface area contributed by atoms with Crippen LogP contribution < -0.4 is 10.1 Å². The van der Waals surface area contributed by atoms with Crippen molar-refractivity contribution in [1.82, 2.24) is 24.9 Å². The molecule has 0 spiro atoms. The molecule has 3 aromatic heterocycles. The number of aromatic nitrogens is 5. The van der Waals surface area contributed by atoms with Crippen molar-refractivity contribution in [2.75, 3.05) is 12.4 Å². The number of anilines is 2. The zero-order valence-electron chi connectivity index (χ0n) is 11.3. The summed E-state index contributed by atoms with van der Waals surface area (Å²) in [7, 11) is 1.57. The van der Waals surface area contributed by atoms with E-state index in [0.717, 1.165) is 11.3 Å². The van der Waals surface area contributed by atoms with Crippen molar-refractivity contribution in [1.29, 1.82) is 0 Å². The highest BCUT2D eigenvalue weighted by molar-refractivity contribution is 5.57. The van der Waals surface area contributed by atoms with E-state index in [2.05, 4.69) is 30.2 Å². The smallest absolute Gasteiger partial charge is 0.230 e. The molecule has 0 radical (unpaired) electrons. The van der Waals surface area contributed by atoms with Gasteiger partial charge in [-0.1, -0.05) is 0 Å². The van der Waals surface area contributed by atoms with Crippen LogP contribution in [0.25, 0.3) is 11.4 Å². The zero-order valence-corrected chi connectivity index (χ0v) is 11.3. The summed E-state index contributed by atoms with van der Waals surface area (Å²) in [4.78, 5) is 20.7. The number of nitrogens with zero attached hydrogens (tertiary/aromatic N) is 5. The lowest BCUT2D eigenvalue weighted by Gasteiger charge is -2.06. The van der Waals surface area contributed by atoms with Gasteiger partial charge in [-0.05, 0) is 18.2 Å². The van der Waals surface area contributed by atoms with Crippen molar-refractivity contribution < 1.29 is 4.74 Å². The summed E-state index contributed by atoms with van der Waals surface area (Å²) in [5.74, 6) is 1.58. The topological polar surface area (TPSA) is 85.7 Å². The van der Waals surface area contributed by atoms with Crippen molar-refractivity contribution in [2.24, 2.45) is 0 Å². The highest BCUT2D eigenvalue weighted by Crippen LogP contribution is 2.17. The van der Waals surface area contributed by atoms with Crippen LogP contribution in [0.15, 0.2) is 49.2 Å². The lowest BCUT2D eigenvalue weighted by atomic mass is 10.2. The molecule has 3 heterocycles. The van der Waals surface area contributed by atoms with Gasteiger partial charge in [-0.25, -0.2) is 15.0 Å². The first kappa shape index (κ1) is 12.9. The predicted octanol–water partition coefficient (Wildman–Crippen LogP) is 2.08. The van der Waals surface area contributed by atoms with E-state index in [0.29, 0.717) is 17.7 Å². The molecule has 0 saturated carbocycles. The first-order valence-electron chi connectivity index (χ1n) is 6.21. The largest absolute Gasteiger partial charge is 0.481 e. The molecule has 0 aliphatic rings. The maximum atomic E-state index is 5.01. The third-order valence-corrected chi connectivity index (χ3v) is 2.71. The van der Waals surface area contributed by atoms with Gasteiger partial charge in [0, 0.05) is 24.0 Å². The number of hydrogen-bond acceptors (Lipinski definition) is 7. The molecule has 0 aliphatic heterocycles. The Bertz CT molecular complexity index is 717. The van der Waals surface area contributed by atoms with Gasteiger partial charge < -0.3 is 10.1 Å². The predicted molar refractivity (Wildman–Crippen MR) is 77.1 cm³/mol. The average molecular weight is 280 g/mol. The van der Waals surface area contributed by atoms with Gasteiger partial charge in [0.05, 0.1) is 19.0 Å². The van der Waals surface area contributed by atoms with E-state index in [4.69, 9.17) is 4.74 Å². The monoisotopic (exact) mass is 280 g/mol. The van der Waals surface area contributed by atoms with Crippen molar-refractivity contribution in [3.8, 4) is 17.3 Å². The Kier molecular flexibility index (Phi) is 3.64. The molecular formula is C14H12N6O. The van der Waals surface area contributed by atoms with Crippen LogP contribution in [0.4, 0.5) is 11.6 Å². The first-order valence-corrected chi connectivity index (χ1v) is 6.21. The molecule has 21 heavy (non-hydrogen) atoms. The van der Waals surface area contributed by atoms with Crippen LogP contribution in [0.1, 0.15) is 0 Å². The van der Waals surface area contributed by atoms with E-state index in [9.17, 15) is 0 Å². The number of ether oxygens (including phenoxy) is 1. The fraction of sp³-hybridized carbons (Fsp3) is 0.0714. The second-order valence-electron chi connectivity index (χ2n) is 4.08. The van der Waals surface area contributed by atoms with E-state index >= 15 is 0 Å². The Hall–Kier alpha value is -3.09. The average Bonchev–Trinajstić information content (AvgIpc) is 2.57. The third kappa shape index (κ3) is 3.08. The molecule has 104 valence electrons. The molecule has 0 aromatic carbocycles. The van der Waals surface area contributed by atoms with Crippen LogP contribution in [-0.2, 0) is 0 Å².